The molecular weight excluding hydrogens is 442 g/mol. The van der Waals surface area contributed by atoms with Gasteiger partial charge in [0, 0.05) is 38.5 Å². The van der Waals surface area contributed by atoms with E-state index in [1.807, 2.05) is 13.8 Å². The van der Waals surface area contributed by atoms with Crippen LogP contribution in [0.15, 0.2) is 12.3 Å². The zero-order valence-electron chi connectivity index (χ0n) is 21.1. The van der Waals surface area contributed by atoms with E-state index in [9.17, 15) is 14.7 Å². The maximum atomic E-state index is 13.0. The summed E-state index contributed by atoms with van der Waals surface area (Å²) in [6.07, 6.45) is 0.374. The van der Waals surface area contributed by atoms with Gasteiger partial charge in [-0.1, -0.05) is 27.7 Å². The second-order valence-corrected chi connectivity index (χ2v) is 9.50. The predicted molar refractivity (Wildman–Crippen MR) is 125 cm³/mol. The Hall–Kier alpha value is -2.23. The van der Waals surface area contributed by atoms with Crippen LogP contribution >= 0.6 is 0 Å². The summed E-state index contributed by atoms with van der Waals surface area (Å²) in [6, 6.07) is 1.45. The van der Waals surface area contributed by atoms with E-state index in [0.717, 1.165) is 0 Å². The van der Waals surface area contributed by atoms with E-state index in [1.165, 1.54) is 19.4 Å². The minimum atomic E-state index is -0.846. The van der Waals surface area contributed by atoms with E-state index in [1.54, 1.807) is 6.92 Å². The quantitative estimate of drug-likeness (QED) is 0.397. The molecule has 34 heavy (non-hydrogen) atoms. The Labute approximate surface area is 202 Å². The predicted octanol–water partition coefficient (Wildman–Crippen LogP) is 3.42. The van der Waals surface area contributed by atoms with Gasteiger partial charge in [0.2, 0.25) is 0 Å². The molecule has 1 aliphatic heterocycles. The van der Waals surface area contributed by atoms with E-state index in [0.29, 0.717) is 38.1 Å². The van der Waals surface area contributed by atoms with Gasteiger partial charge in [-0.3, -0.25) is 9.59 Å². The second kappa shape index (κ2) is 13.6. The number of carbonyl (C=O) groups excluding carboxylic acids is 2. The second-order valence-electron chi connectivity index (χ2n) is 9.50. The number of ether oxygens (including phenoxy) is 5. The van der Waals surface area contributed by atoms with Crippen molar-refractivity contribution in [3.05, 3.63) is 18.0 Å². The number of cyclic esters (lactones) is 1. The van der Waals surface area contributed by atoms with Gasteiger partial charge in [-0.25, -0.2) is 4.98 Å². The molecule has 0 aromatic carbocycles. The number of hydrogen-bond donors (Lipinski definition) is 1. The number of ketones is 1. The minimum Gasteiger partial charge on any atom is -0.503 e. The van der Waals surface area contributed by atoms with E-state index >= 15 is 0 Å². The van der Waals surface area contributed by atoms with Crippen LogP contribution < -0.4 is 4.74 Å². The van der Waals surface area contributed by atoms with Crippen molar-refractivity contribution in [1.82, 2.24) is 4.98 Å². The smallest absolute Gasteiger partial charge is 0.312 e. The lowest BCUT2D eigenvalue weighted by atomic mass is 9.99. The van der Waals surface area contributed by atoms with Gasteiger partial charge in [0.1, 0.15) is 12.2 Å². The highest BCUT2D eigenvalue weighted by Crippen LogP contribution is 2.29. The zero-order chi connectivity index (χ0) is 25.3. The molecular formula is C25H39NO8. The molecule has 4 atom stereocenters. The van der Waals surface area contributed by atoms with Gasteiger partial charge >= 0.3 is 5.97 Å². The number of rotatable bonds is 10. The summed E-state index contributed by atoms with van der Waals surface area (Å²) < 4.78 is 28.8. The molecule has 1 aromatic rings. The molecule has 1 aliphatic rings. The number of esters is 1. The van der Waals surface area contributed by atoms with Crippen molar-refractivity contribution < 1.29 is 38.4 Å². The lowest BCUT2D eigenvalue weighted by Gasteiger charge is -2.34. The summed E-state index contributed by atoms with van der Waals surface area (Å²) in [4.78, 5) is 29.8. The molecule has 0 radical (unpaired) electrons. The van der Waals surface area contributed by atoms with Crippen molar-refractivity contribution in [2.45, 2.75) is 65.8 Å². The van der Waals surface area contributed by atoms with E-state index in [2.05, 4.69) is 18.8 Å². The highest BCUT2D eigenvalue weighted by atomic mass is 16.6. The number of pyridine rings is 1. The van der Waals surface area contributed by atoms with Crippen LogP contribution in [0.2, 0.25) is 0 Å². The van der Waals surface area contributed by atoms with Gasteiger partial charge in [-0.05, 0) is 25.2 Å². The fraction of sp³-hybridized carbons (Fsp3) is 0.720. The fourth-order valence-electron chi connectivity index (χ4n) is 3.61. The Morgan fingerprint density at radius 3 is 2.53 bits per heavy atom. The molecule has 1 fully saturated rings. The van der Waals surface area contributed by atoms with E-state index < -0.39 is 29.9 Å². The molecule has 0 spiro atoms. The van der Waals surface area contributed by atoms with Crippen LogP contribution in [0.1, 0.15) is 57.9 Å². The van der Waals surface area contributed by atoms with Crippen LogP contribution in [0.4, 0.5) is 0 Å². The number of aromatic nitrogens is 1. The summed E-state index contributed by atoms with van der Waals surface area (Å²) in [5.74, 6) is -1.49. The first-order chi connectivity index (χ1) is 16.1. The lowest BCUT2D eigenvalue weighted by Crippen LogP contribution is -2.45. The van der Waals surface area contributed by atoms with E-state index in [-0.39, 0.29) is 36.3 Å². The van der Waals surface area contributed by atoms with Crippen LogP contribution in [-0.2, 0) is 23.7 Å². The number of carbonyl (C=O) groups is 2. The van der Waals surface area contributed by atoms with Gasteiger partial charge in [0.05, 0.1) is 25.7 Å². The van der Waals surface area contributed by atoms with Crippen LogP contribution in [0.3, 0.4) is 0 Å². The van der Waals surface area contributed by atoms with Gasteiger partial charge in [-0.15, -0.1) is 0 Å². The molecule has 0 bridgehead atoms. The first-order valence-electron chi connectivity index (χ1n) is 11.9. The molecule has 9 heteroatoms. The molecule has 0 saturated carbocycles. The summed E-state index contributed by atoms with van der Waals surface area (Å²) in [5, 5.41) is 10.3. The Bertz CT molecular complexity index is 797. The third kappa shape index (κ3) is 8.21. The summed E-state index contributed by atoms with van der Waals surface area (Å²) in [6.45, 7) is 11.4. The van der Waals surface area contributed by atoms with Crippen molar-refractivity contribution in [1.29, 1.82) is 0 Å². The van der Waals surface area contributed by atoms with Crippen LogP contribution in [0, 0.1) is 17.8 Å². The molecule has 2 heterocycles. The third-order valence-corrected chi connectivity index (χ3v) is 5.40. The standard InChI is InChI=1S/C25H39NO8/c1-15(2)12-32-21-8-10-31-14-18(25(29)34-17(5)24(21)33-13-16(3)4)11-19(27)22-23(28)20(30-6)7-9-26-22/h7,9,15-18,21,24,28H,8,10-14H2,1-6H3/t17-,18-,21-,24-/m0/s1. The monoisotopic (exact) mass is 481 g/mol. The zero-order valence-corrected chi connectivity index (χ0v) is 21.1. The number of aromatic hydroxyl groups is 1. The van der Waals surface area contributed by atoms with Crippen molar-refractivity contribution in [2.75, 3.05) is 33.5 Å². The highest BCUT2D eigenvalue weighted by molar-refractivity contribution is 5.99. The topological polar surface area (TPSA) is 113 Å². The van der Waals surface area contributed by atoms with Crippen LogP contribution in [-0.4, -0.2) is 73.7 Å². The van der Waals surface area contributed by atoms with Crippen LogP contribution in [0.5, 0.6) is 11.5 Å². The first-order valence-corrected chi connectivity index (χ1v) is 11.9. The average molecular weight is 482 g/mol. The van der Waals surface area contributed by atoms with Crippen molar-refractivity contribution in [3.8, 4) is 11.5 Å². The van der Waals surface area contributed by atoms with Gasteiger partial charge in [0.25, 0.3) is 0 Å². The van der Waals surface area contributed by atoms with Crippen LogP contribution in [0.25, 0.3) is 0 Å². The Morgan fingerprint density at radius 1 is 1.21 bits per heavy atom. The Morgan fingerprint density at radius 2 is 1.88 bits per heavy atom. The number of Topliss-reactive ketones (excluding diaryl/α,β-unsaturated/α-hetero) is 1. The van der Waals surface area contributed by atoms with Gasteiger partial charge in [0.15, 0.2) is 23.0 Å². The molecule has 1 N–H and O–H groups in total. The molecule has 1 aromatic heterocycles. The maximum Gasteiger partial charge on any atom is 0.312 e. The van der Waals surface area contributed by atoms with Crippen molar-refractivity contribution in [3.63, 3.8) is 0 Å². The largest absolute Gasteiger partial charge is 0.503 e. The number of nitrogens with zero attached hydrogens (tertiary/aromatic N) is 1. The molecule has 0 amide bonds. The molecule has 2 rings (SSSR count). The minimum absolute atomic E-state index is 0.0104. The summed E-state index contributed by atoms with van der Waals surface area (Å²) in [5.41, 5.74) is -0.155. The number of hydrogen-bond acceptors (Lipinski definition) is 9. The van der Waals surface area contributed by atoms with Gasteiger partial charge in [-0.2, -0.15) is 0 Å². The summed E-state index contributed by atoms with van der Waals surface area (Å²) in [7, 11) is 1.38. The first kappa shape index (κ1) is 28.0. The van der Waals surface area contributed by atoms with Crippen molar-refractivity contribution >= 4 is 11.8 Å². The Balaban J connectivity index is 2.16. The normalized spacial score (nSPS) is 24.2. The molecule has 0 unspecified atom stereocenters. The average Bonchev–Trinajstić information content (AvgIpc) is 2.77. The molecule has 0 aliphatic carbocycles. The molecule has 1 saturated heterocycles. The maximum absolute atomic E-state index is 13.0. The highest BCUT2D eigenvalue weighted by Gasteiger charge is 2.35. The lowest BCUT2D eigenvalue weighted by molar-refractivity contribution is -0.180. The summed E-state index contributed by atoms with van der Waals surface area (Å²) >= 11 is 0. The van der Waals surface area contributed by atoms with Crippen molar-refractivity contribution in [2.24, 2.45) is 17.8 Å². The number of methoxy groups -OCH3 is 1. The fourth-order valence-corrected chi connectivity index (χ4v) is 3.61. The molecule has 9 nitrogen and oxygen atoms in total. The van der Waals surface area contributed by atoms with Gasteiger partial charge < -0.3 is 28.8 Å². The third-order valence-electron chi connectivity index (χ3n) is 5.40. The Kier molecular flexibility index (Phi) is 11.2. The SMILES string of the molecule is COc1ccnc(C(=O)C[C@H]2COCC[C@H](OCC(C)C)[C@@H](OCC(C)C)[C@H](C)OC2=O)c1O. The van der Waals surface area contributed by atoms with E-state index in [4.69, 9.17) is 23.7 Å². The molecule has 192 valence electrons.